The molecule has 0 atom stereocenters. The molecule has 0 aliphatic carbocycles. The first-order valence-electron chi connectivity index (χ1n) is 5.95. The van der Waals surface area contributed by atoms with Crippen molar-refractivity contribution in [1.82, 2.24) is 15.6 Å². The summed E-state index contributed by atoms with van der Waals surface area (Å²) < 4.78 is 0. The van der Waals surface area contributed by atoms with Gasteiger partial charge >= 0.3 is 11.0 Å². The average molecular weight is 299 g/mol. The molecule has 2 amide bonds. The van der Waals surface area contributed by atoms with Crippen LogP contribution in [0.4, 0.5) is 9.80 Å². The Kier molecular flexibility index (Phi) is 6.60. The van der Waals surface area contributed by atoms with Crippen LogP contribution in [-0.4, -0.2) is 49.3 Å². The number of carbonyl (C=O) groups is 1. The van der Waals surface area contributed by atoms with Crippen molar-refractivity contribution in [2.45, 2.75) is 6.42 Å². The number of hydrogen-bond acceptors (Lipinski definition) is 6. The number of nitro groups is 1. The number of hydrogen-bond donors (Lipinski definition) is 2. The molecule has 1 rings (SSSR count). The van der Waals surface area contributed by atoms with E-state index in [9.17, 15) is 14.9 Å². The van der Waals surface area contributed by atoms with Crippen molar-refractivity contribution >= 4 is 28.6 Å². The summed E-state index contributed by atoms with van der Waals surface area (Å²) in [6.07, 6.45) is 2.22. The number of carbonyl (C=O) groups excluding carboxylic acids is 1. The lowest BCUT2D eigenvalue weighted by Gasteiger charge is -2.09. The van der Waals surface area contributed by atoms with Gasteiger partial charge in [0.1, 0.15) is 0 Å². The summed E-state index contributed by atoms with van der Waals surface area (Å²) in [6.45, 7) is 1.45. The monoisotopic (exact) mass is 299 g/mol. The van der Waals surface area contributed by atoms with Crippen molar-refractivity contribution < 1.29 is 9.72 Å². The van der Waals surface area contributed by atoms with Gasteiger partial charge in [-0.25, -0.2) is 10.2 Å². The van der Waals surface area contributed by atoms with Crippen molar-refractivity contribution in [3.63, 3.8) is 0 Å². The SMILES string of the molecule is CN(C)CCCNC(=O)N/N=C/c1ccc([N+](=O)[O-])s1. The highest BCUT2D eigenvalue weighted by molar-refractivity contribution is 7.16. The largest absolute Gasteiger partial charge is 0.337 e. The maximum Gasteiger partial charge on any atom is 0.335 e. The lowest BCUT2D eigenvalue weighted by Crippen LogP contribution is -2.34. The fraction of sp³-hybridized carbons (Fsp3) is 0.455. The Labute approximate surface area is 120 Å². The van der Waals surface area contributed by atoms with E-state index in [1.807, 2.05) is 19.0 Å². The fourth-order valence-electron chi connectivity index (χ4n) is 1.30. The molecule has 0 spiro atoms. The summed E-state index contributed by atoms with van der Waals surface area (Å²) in [5.74, 6) is 0. The molecule has 1 aromatic heterocycles. The van der Waals surface area contributed by atoms with Gasteiger partial charge in [-0.1, -0.05) is 11.3 Å². The molecule has 1 heterocycles. The Balaban J connectivity index is 2.25. The first-order valence-corrected chi connectivity index (χ1v) is 6.76. The number of nitrogens with one attached hydrogen (secondary N) is 2. The Bertz CT molecular complexity index is 486. The van der Waals surface area contributed by atoms with Crippen molar-refractivity contribution in [2.24, 2.45) is 5.10 Å². The Morgan fingerprint density at radius 3 is 2.90 bits per heavy atom. The van der Waals surface area contributed by atoms with Crippen LogP contribution in [0.5, 0.6) is 0 Å². The van der Waals surface area contributed by atoms with Gasteiger partial charge in [0.15, 0.2) is 0 Å². The summed E-state index contributed by atoms with van der Waals surface area (Å²) in [7, 11) is 3.93. The summed E-state index contributed by atoms with van der Waals surface area (Å²) in [6, 6.07) is 2.57. The van der Waals surface area contributed by atoms with Crippen molar-refractivity contribution in [2.75, 3.05) is 27.2 Å². The van der Waals surface area contributed by atoms with Crippen LogP contribution in [0.1, 0.15) is 11.3 Å². The number of hydrazone groups is 1. The van der Waals surface area contributed by atoms with E-state index in [4.69, 9.17) is 0 Å². The summed E-state index contributed by atoms with van der Waals surface area (Å²) in [5, 5.41) is 16.9. The third-order valence-electron chi connectivity index (χ3n) is 2.22. The maximum atomic E-state index is 11.3. The number of amides is 2. The van der Waals surface area contributed by atoms with Crippen LogP contribution in [0.3, 0.4) is 0 Å². The molecule has 0 fully saturated rings. The molecule has 0 bridgehead atoms. The van der Waals surface area contributed by atoms with Crippen molar-refractivity contribution in [3.05, 3.63) is 27.1 Å². The van der Waals surface area contributed by atoms with E-state index in [0.29, 0.717) is 11.4 Å². The normalized spacial score (nSPS) is 10.9. The van der Waals surface area contributed by atoms with Gasteiger partial charge in [0.2, 0.25) is 0 Å². The van der Waals surface area contributed by atoms with Crippen LogP contribution < -0.4 is 10.7 Å². The molecule has 0 saturated carbocycles. The predicted molar refractivity (Wildman–Crippen MR) is 78.3 cm³/mol. The molecule has 110 valence electrons. The van der Waals surface area contributed by atoms with Gasteiger partial charge < -0.3 is 10.2 Å². The minimum absolute atomic E-state index is 0.0413. The predicted octanol–water partition coefficient (Wildman–Crippen LogP) is 1.24. The molecule has 0 aliphatic rings. The topological polar surface area (TPSA) is 99.9 Å². The maximum absolute atomic E-state index is 11.3. The van der Waals surface area contributed by atoms with E-state index in [-0.39, 0.29) is 5.00 Å². The number of nitrogens with zero attached hydrogens (tertiary/aromatic N) is 3. The minimum Gasteiger partial charge on any atom is -0.337 e. The Morgan fingerprint density at radius 2 is 2.30 bits per heavy atom. The molecule has 2 N–H and O–H groups in total. The van der Waals surface area contributed by atoms with Gasteiger partial charge in [-0.15, -0.1) is 0 Å². The summed E-state index contributed by atoms with van der Waals surface area (Å²) >= 11 is 0.992. The molecule has 0 unspecified atom stereocenters. The van der Waals surface area contributed by atoms with Gasteiger partial charge in [-0.05, 0) is 33.1 Å². The van der Waals surface area contributed by atoms with Crippen molar-refractivity contribution in [3.8, 4) is 0 Å². The number of rotatable bonds is 7. The second-order valence-corrected chi connectivity index (χ2v) is 5.31. The number of urea groups is 1. The first kappa shape index (κ1) is 16.1. The molecule has 9 heteroatoms. The standard InChI is InChI=1S/C11H17N5O3S/c1-15(2)7-3-6-12-11(17)14-13-8-9-4-5-10(20-9)16(18)19/h4-5,8H,3,6-7H2,1-2H3,(H2,12,14,17)/b13-8+. The summed E-state index contributed by atoms with van der Waals surface area (Å²) in [5.41, 5.74) is 2.30. The van der Waals surface area contributed by atoms with Crippen LogP contribution >= 0.6 is 11.3 Å². The van der Waals surface area contributed by atoms with E-state index >= 15 is 0 Å². The van der Waals surface area contributed by atoms with E-state index in [1.165, 1.54) is 12.3 Å². The van der Waals surface area contributed by atoms with E-state index in [0.717, 1.165) is 24.3 Å². The second kappa shape index (κ2) is 8.23. The molecule has 8 nitrogen and oxygen atoms in total. The molecule has 0 aliphatic heterocycles. The van der Waals surface area contributed by atoms with Crippen LogP contribution in [0.2, 0.25) is 0 Å². The van der Waals surface area contributed by atoms with Crippen LogP contribution in [0.25, 0.3) is 0 Å². The van der Waals surface area contributed by atoms with Crippen LogP contribution in [-0.2, 0) is 0 Å². The lowest BCUT2D eigenvalue weighted by molar-refractivity contribution is -0.380. The highest BCUT2D eigenvalue weighted by Gasteiger charge is 2.07. The zero-order chi connectivity index (χ0) is 15.0. The molecule has 0 saturated heterocycles. The highest BCUT2D eigenvalue weighted by atomic mass is 32.1. The van der Waals surface area contributed by atoms with Gasteiger partial charge in [0, 0.05) is 12.6 Å². The van der Waals surface area contributed by atoms with Crippen LogP contribution in [0, 0.1) is 10.1 Å². The number of thiophene rings is 1. The Morgan fingerprint density at radius 1 is 1.55 bits per heavy atom. The highest BCUT2D eigenvalue weighted by Crippen LogP contribution is 2.22. The zero-order valence-corrected chi connectivity index (χ0v) is 12.1. The van der Waals surface area contributed by atoms with Crippen molar-refractivity contribution in [1.29, 1.82) is 0 Å². The van der Waals surface area contributed by atoms with Gasteiger partial charge in [-0.2, -0.15) is 5.10 Å². The first-order chi connectivity index (χ1) is 9.49. The molecular formula is C11H17N5O3S. The molecule has 1 aromatic rings. The Hall–Kier alpha value is -2.00. The van der Waals surface area contributed by atoms with Gasteiger partial charge in [0.25, 0.3) is 0 Å². The second-order valence-electron chi connectivity index (χ2n) is 4.22. The third-order valence-corrected chi connectivity index (χ3v) is 3.19. The smallest absolute Gasteiger partial charge is 0.335 e. The quantitative estimate of drug-likeness (QED) is 0.342. The van der Waals surface area contributed by atoms with E-state index in [2.05, 4.69) is 15.8 Å². The molecule has 0 aromatic carbocycles. The van der Waals surface area contributed by atoms with Gasteiger partial charge in [0.05, 0.1) is 16.0 Å². The molecular weight excluding hydrogens is 282 g/mol. The third kappa shape index (κ3) is 6.25. The van der Waals surface area contributed by atoms with Gasteiger partial charge in [-0.3, -0.25) is 10.1 Å². The average Bonchev–Trinajstić information content (AvgIpc) is 2.83. The fourth-order valence-corrected chi connectivity index (χ4v) is 1.99. The van der Waals surface area contributed by atoms with E-state index < -0.39 is 11.0 Å². The molecule has 0 radical (unpaired) electrons. The lowest BCUT2D eigenvalue weighted by atomic mass is 10.4. The molecule has 20 heavy (non-hydrogen) atoms. The van der Waals surface area contributed by atoms with Crippen LogP contribution in [0.15, 0.2) is 17.2 Å². The van der Waals surface area contributed by atoms with E-state index in [1.54, 1.807) is 6.07 Å². The summed E-state index contributed by atoms with van der Waals surface area (Å²) in [4.78, 5) is 24.0. The zero-order valence-electron chi connectivity index (χ0n) is 11.3. The minimum atomic E-state index is -0.465.